The molecule has 0 bridgehead atoms. The van der Waals surface area contributed by atoms with Gasteiger partial charge in [-0.3, -0.25) is 4.98 Å². The van der Waals surface area contributed by atoms with Crippen LogP contribution in [0.5, 0.6) is 0 Å². The maximum atomic E-state index is 12.7. The molecule has 3 rings (SSSR count). The maximum Gasteiger partial charge on any atom is 0.497 e. The Morgan fingerprint density at radius 2 is 1.83 bits per heavy atom. The Balaban J connectivity index is 1.85. The molecule has 3 aromatic rings. The van der Waals surface area contributed by atoms with E-state index < -0.39 is 21.1 Å². The number of halogens is 3. The topological polar surface area (TPSA) is 59.9 Å². The van der Waals surface area contributed by atoms with Crippen LogP contribution < -0.4 is 0 Å². The molecule has 0 spiro atoms. The van der Waals surface area contributed by atoms with Crippen LogP contribution in [0.15, 0.2) is 41.9 Å². The number of hydrogen-bond donors (Lipinski definition) is 0. The fourth-order valence-electron chi connectivity index (χ4n) is 2.98. The number of aryl methyl sites for hydroxylation is 1. The molecule has 30 heavy (non-hydrogen) atoms. The SMILES string of the molecule is Cc1cc(-c2csc(-c3ccnc(CC(C)C)c3)n2)ccc1CS(=O)(=O)C(F)(F)F. The fraction of sp³-hybridized carbons (Fsp3) is 0.333. The quantitative estimate of drug-likeness (QED) is 0.471. The van der Waals surface area contributed by atoms with Gasteiger partial charge in [-0.1, -0.05) is 26.0 Å². The lowest BCUT2D eigenvalue weighted by molar-refractivity contribution is -0.0437. The van der Waals surface area contributed by atoms with E-state index in [4.69, 9.17) is 0 Å². The molecule has 1 aromatic carbocycles. The monoisotopic (exact) mass is 454 g/mol. The van der Waals surface area contributed by atoms with E-state index in [1.165, 1.54) is 17.4 Å². The molecule has 0 radical (unpaired) electrons. The van der Waals surface area contributed by atoms with Crippen LogP contribution in [0.25, 0.3) is 21.8 Å². The van der Waals surface area contributed by atoms with E-state index in [9.17, 15) is 21.6 Å². The summed E-state index contributed by atoms with van der Waals surface area (Å²) in [5, 5.41) is 2.69. The Hall–Kier alpha value is -2.26. The number of hydrogen-bond acceptors (Lipinski definition) is 5. The van der Waals surface area contributed by atoms with Crippen LogP contribution in [0, 0.1) is 12.8 Å². The Labute approximate surface area is 177 Å². The van der Waals surface area contributed by atoms with Gasteiger partial charge in [-0.2, -0.15) is 13.2 Å². The van der Waals surface area contributed by atoms with E-state index in [0.717, 1.165) is 28.2 Å². The number of benzene rings is 1. The smallest absolute Gasteiger partial charge is 0.261 e. The lowest BCUT2D eigenvalue weighted by Crippen LogP contribution is -2.25. The van der Waals surface area contributed by atoms with Crippen molar-refractivity contribution in [2.75, 3.05) is 0 Å². The van der Waals surface area contributed by atoms with Crippen molar-refractivity contribution in [3.8, 4) is 21.8 Å². The van der Waals surface area contributed by atoms with E-state index in [-0.39, 0.29) is 5.56 Å². The average molecular weight is 455 g/mol. The predicted molar refractivity (Wildman–Crippen MR) is 113 cm³/mol. The van der Waals surface area contributed by atoms with Gasteiger partial charge in [0, 0.05) is 28.4 Å². The van der Waals surface area contributed by atoms with Gasteiger partial charge >= 0.3 is 5.51 Å². The van der Waals surface area contributed by atoms with Gasteiger partial charge in [-0.15, -0.1) is 11.3 Å². The molecule has 160 valence electrons. The van der Waals surface area contributed by atoms with E-state index >= 15 is 0 Å². The summed E-state index contributed by atoms with van der Waals surface area (Å²) in [6, 6.07) is 8.59. The van der Waals surface area contributed by atoms with Gasteiger partial charge < -0.3 is 0 Å². The Morgan fingerprint density at radius 3 is 2.47 bits per heavy atom. The third-order valence-electron chi connectivity index (χ3n) is 4.52. The number of nitrogens with zero attached hydrogens (tertiary/aromatic N) is 2. The normalized spacial score (nSPS) is 12.5. The summed E-state index contributed by atoms with van der Waals surface area (Å²) in [7, 11) is -5.22. The molecule has 0 aliphatic rings. The molecule has 0 unspecified atom stereocenters. The summed E-state index contributed by atoms with van der Waals surface area (Å²) < 4.78 is 60.9. The molecule has 0 saturated heterocycles. The lowest BCUT2D eigenvalue weighted by Gasteiger charge is -2.11. The number of pyridine rings is 1. The lowest BCUT2D eigenvalue weighted by atomic mass is 10.0. The van der Waals surface area contributed by atoms with Crippen LogP contribution in [0.4, 0.5) is 13.2 Å². The first-order valence-electron chi connectivity index (χ1n) is 9.26. The molecule has 2 aromatic heterocycles. The van der Waals surface area contributed by atoms with Gasteiger partial charge in [-0.25, -0.2) is 13.4 Å². The number of sulfone groups is 1. The molecule has 0 aliphatic carbocycles. The molecule has 0 atom stereocenters. The van der Waals surface area contributed by atoms with Crippen LogP contribution in [0.2, 0.25) is 0 Å². The minimum atomic E-state index is -5.26. The van der Waals surface area contributed by atoms with Crippen LogP contribution in [-0.4, -0.2) is 23.9 Å². The van der Waals surface area contributed by atoms with Crippen molar-refractivity contribution in [2.45, 2.75) is 38.5 Å². The summed E-state index contributed by atoms with van der Waals surface area (Å²) in [5.74, 6) is -0.581. The second kappa shape index (κ2) is 8.47. The standard InChI is InChI=1S/C21H21F3N2O2S2/c1-13(2)8-18-10-16(6-7-25-18)20-26-19(11-29-20)15-4-5-17(14(3)9-15)12-30(27,28)21(22,23)24/h4-7,9-11,13H,8,12H2,1-3H3. The van der Waals surface area contributed by atoms with Crippen molar-refractivity contribution in [1.82, 2.24) is 9.97 Å². The fourth-order valence-corrected chi connectivity index (χ4v) is 4.71. The zero-order chi connectivity index (χ0) is 22.1. The molecule has 0 saturated carbocycles. The van der Waals surface area contributed by atoms with Crippen molar-refractivity contribution in [2.24, 2.45) is 5.92 Å². The highest BCUT2D eigenvalue weighted by molar-refractivity contribution is 7.91. The first kappa shape index (κ1) is 22.4. The zero-order valence-electron chi connectivity index (χ0n) is 16.7. The Bertz CT molecular complexity index is 1150. The van der Waals surface area contributed by atoms with E-state index in [2.05, 4.69) is 23.8 Å². The molecule has 0 aliphatic heterocycles. The minimum absolute atomic E-state index is 0.124. The highest BCUT2D eigenvalue weighted by Gasteiger charge is 2.45. The molecule has 0 fully saturated rings. The molecule has 4 nitrogen and oxygen atoms in total. The first-order valence-corrected chi connectivity index (χ1v) is 11.8. The number of thiazole rings is 1. The molecule has 9 heteroatoms. The van der Waals surface area contributed by atoms with Gasteiger partial charge in [0.2, 0.25) is 0 Å². The molecular weight excluding hydrogens is 433 g/mol. The molecule has 0 N–H and O–H groups in total. The van der Waals surface area contributed by atoms with Crippen molar-refractivity contribution < 1.29 is 21.6 Å². The maximum absolute atomic E-state index is 12.7. The van der Waals surface area contributed by atoms with Gasteiger partial charge in [0.05, 0.1) is 11.4 Å². The Morgan fingerprint density at radius 1 is 1.10 bits per heavy atom. The molecule has 2 heterocycles. The molecule has 0 amide bonds. The summed E-state index contributed by atoms with van der Waals surface area (Å²) in [4.78, 5) is 9.03. The average Bonchev–Trinajstić information content (AvgIpc) is 3.12. The number of alkyl halides is 3. The van der Waals surface area contributed by atoms with E-state index in [0.29, 0.717) is 17.2 Å². The predicted octanol–water partition coefficient (Wildman–Crippen LogP) is 5.81. The van der Waals surface area contributed by atoms with Crippen LogP contribution >= 0.6 is 11.3 Å². The number of aromatic nitrogens is 2. The summed E-state index contributed by atoms with van der Waals surface area (Å²) in [5.41, 5.74) is -1.31. The summed E-state index contributed by atoms with van der Waals surface area (Å²) in [6.45, 7) is 5.85. The van der Waals surface area contributed by atoms with Crippen LogP contribution in [0.1, 0.15) is 30.7 Å². The summed E-state index contributed by atoms with van der Waals surface area (Å²) in [6.07, 6.45) is 2.63. The second-order valence-electron chi connectivity index (χ2n) is 7.52. The van der Waals surface area contributed by atoms with Crippen molar-refractivity contribution in [1.29, 1.82) is 0 Å². The first-order chi connectivity index (χ1) is 14.0. The highest BCUT2D eigenvalue weighted by atomic mass is 32.2. The van der Waals surface area contributed by atoms with Gasteiger partial charge in [0.25, 0.3) is 9.84 Å². The summed E-state index contributed by atoms with van der Waals surface area (Å²) >= 11 is 1.46. The molecular formula is C21H21F3N2O2S2. The van der Waals surface area contributed by atoms with Crippen LogP contribution in [-0.2, 0) is 22.0 Å². The highest BCUT2D eigenvalue weighted by Crippen LogP contribution is 2.32. The van der Waals surface area contributed by atoms with Crippen LogP contribution in [0.3, 0.4) is 0 Å². The third-order valence-corrected chi connectivity index (χ3v) is 6.81. The minimum Gasteiger partial charge on any atom is -0.261 e. The van der Waals surface area contributed by atoms with E-state index in [1.807, 2.05) is 17.5 Å². The van der Waals surface area contributed by atoms with Crippen molar-refractivity contribution in [3.63, 3.8) is 0 Å². The zero-order valence-corrected chi connectivity index (χ0v) is 18.3. The van der Waals surface area contributed by atoms with E-state index in [1.54, 1.807) is 25.3 Å². The third kappa shape index (κ3) is 5.07. The van der Waals surface area contributed by atoms with Crippen molar-refractivity contribution >= 4 is 21.2 Å². The largest absolute Gasteiger partial charge is 0.497 e. The van der Waals surface area contributed by atoms with Gasteiger partial charge in [-0.05, 0) is 48.6 Å². The Kier molecular flexibility index (Phi) is 6.33. The van der Waals surface area contributed by atoms with Gasteiger partial charge in [0.1, 0.15) is 5.01 Å². The van der Waals surface area contributed by atoms with Gasteiger partial charge in [0.15, 0.2) is 0 Å². The van der Waals surface area contributed by atoms with Crippen molar-refractivity contribution in [3.05, 3.63) is 58.7 Å². The second-order valence-corrected chi connectivity index (χ2v) is 10.4. The number of rotatable bonds is 6.